The SMILES string of the molecule is CC(C(=O)NS(=O)(=O)/C=C/c1ccccc1)S(=O)(=O)c1ccc(F)cc1. The maximum Gasteiger partial charge on any atom is 0.257 e. The van der Waals surface area contributed by atoms with Gasteiger partial charge in [-0.3, -0.25) is 4.79 Å². The highest BCUT2D eigenvalue weighted by Gasteiger charge is 2.31. The number of amides is 1. The number of sulfone groups is 1. The molecule has 0 aromatic heterocycles. The van der Waals surface area contributed by atoms with Gasteiger partial charge in [0.25, 0.3) is 15.9 Å². The Morgan fingerprint density at radius 2 is 1.58 bits per heavy atom. The van der Waals surface area contributed by atoms with Crippen molar-refractivity contribution in [2.24, 2.45) is 0 Å². The summed E-state index contributed by atoms with van der Waals surface area (Å²) in [5.41, 5.74) is 0.595. The van der Waals surface area contributed by atoms with Crippen molar-refractivity contribution >= 4 is 31.8 Å². The Labute approximate surface area is 151 Å². The minimum absolute atomic E-state index is 0.279. The summed E-state index contributed by atoms with van der Waals surface area (Å²) in [5, 5.41) is -0.898. The number of halogens is 1. The Kier molecular flexibility index (Phi) is 5.94. The van der Waals surface area contributed by atoms with Gasteiger partial charge in [0.2, 0.25) is 0 Å². The lowest BCUT2D eigenvalue weighted by atomic mass is 10.2. The van der Waals surface area contributed by atoms with E-state index in [9.17, 15) is 26.0 Å². The van der Waals surface area contributed by atoms with Crippen molar-refractivity contribution in [1.82, 2.24) is 4.72 Å². The number of nitrogens with one attached hydrogen (secondary N) is 1. The summed E-state index contributed by atoms with van der Waals surface area (Å²) in [4.78, 5) is 11.8. The highest BCUT2D eigenvalue weighted by Crippen LogP contribution is 2.17. The third kappa shape index (κ3) is 4.99. The van der Waals surface area contributed by atoms with Gasteiger partial charge >= 0.3 is 0 Å². The topological polar surface area (TPSA) is 97.4 Å². The molecule has 0 fully saturated rings. The second-order valence-corrected chi connectivity index (χ2v) is 9.20. The summed E-state index contributed by atoms with van der Waals surface area (Å²) >= 11 is 0. The fourth-order valence-corrected chi connectivity index (χ4v) is 4.16. The summed E-state index contributed by atoms with van der Waals surface area (Å²) in [6.07, 6.45) is 1.27. The van der Waals surface area contributed by atoms with Crippen molar-refractivity contribution in [2.45, 2.75) is 17.1 Å². The van der Waals surface area contributed by atoms with Gasteiger partial charge in [-0.2, -0.15) is 0 Å². The lowest BCUT2D eigenvalue weighted by Gasteiger charge is -2.12. The molecule has 0 saturated heterocycles. The molecule has 6 nitrogen and oxygen atoms in total. The molecule has 2 rings (SSSR count). The van der Waals surface area contributed by atoms with Crippen molar-refractivity contribution in [2.75, 3.05) is 0 Å². The summed E-state index contributed by atoms with van der Waals surface area (Å²) in [5.74, 6) is -1.83. The third-order valence-electron chi connectivity index (χ3n) is 3.46. The fraction of sp³-hybridized carbons (Fsp3) is 0.118. The first-order valence-electron chi connectivity index (χ1n) is 7.41. The van der Waals surface area contributed by atoms with Crippen molar-refractivity contribution in [3.63, 3.8) is 0 Å². The molecule has 138 valence electrons. The lowest BCUT2D eigenvalue weighted by Crippen LogP contribution is -2.40. The smallest absolute Gasteiger partial charge is 0.257 e. The third-order valence-corrected chi connectivity index (χ3v) is 6.51. The number of hydrogen-bond donors (Lipinski definition) is 1. The van der Waals surface area contributed by atoms with E-state index in [0.717, 1.165) is 36.6 Å². The van der Waals surface area contributed by atoms with E-state index in [0.29, 0.717) is 5.56 Å². The zero-order valence-corrected chi connectivity index (χ0v) is 15.3. The van der Waals surface area contributed by atoms with Crippen LogP contribution >= 0.6 is 0 Å². The second kappa shape index (κ2) is 7.79. The van der Waals surface area contributed by atoms with Crippen LogP contribution in [0, 0.1) is 5.82 Å². The van der Waals surface area contributed by atoms with E-state index < -0.39 is 36.8 Å². The van der Waals surface area contributed by atoms with E-state index in [1.165, 1.54) is 6.08 Å². The molecule has 0 aliphatic carbocycles. The Balaban J connectivity index is 2.15. The normalized spacial score (nSPS) is 13.5. The standard InChI is InChI=1S/C17H16FNO5S2/c1-13(26(23,24)16-9-7-15(18)8-10-16)17(20)19-25(21,22)12-11-14-5-3-2-4-6-14/h2-13H,1H3,(H,19,20)/b12-11+. The van der Waals surface area contributed by atoms with Crippen LogP contribution in [0.2, 0.25) is 0 Å². The van der Waals surface area contributed by atoms with E-state index in [2.05, 4.69) is 0 Å². The predicted molar refractivity (Wildman–Crippen MR) is 95.6 cm³/mol. The monoisotopic (exact) mass is 397 g/mol. The first-order chi connectivity index (χ1) is 12.1. The first-order valence-corrected chi connectivity index (χ1v) is 10.5. The van der Waals surface area contributed by atoms with Gasteiger partial charge in [-0.25, -0.2) is 25.9 Å². The average molecular weight is 397 g/mol. The molecular formula is C17H16FNO5S2. The fourth-order valence-electron chi connectivity index (χ4n) is 1.96. The molecule has 0 aliphatic rings. The molecule has 1 amide bonds. The molecule has 26 heavy (non-hydrogen) atoms. The quantitative estimate of drug-likeness (QED) is 0.753. The summed E-state index contributed by atoms with van der Waals surface area (Å²) in [6, 6.07) is 12.4. The van der Waals surface area contributed by atoms with Crippen molar-refractivity contribution in [3.05, 3.63) is 71.4 Å². The highest BCUT2D eigenvalue weighted by molar-refractivity contribution is 7.94. The molecule has 1 N–H and O–H groups in total. The minimum Gasteiger partial charge on any atom is -0.273 e. The largest absolute Gasteiger partial charge is 0.273 e. The summed E-state index contributed by atoms with van der Waals surface area (Å²) < 4.78 is 63.3. The van der Waals surface area contributed by atoms with Gasteiger partial charge in [-0.1, -0.05) is 30.3 Å². The van der Waals surface area contributed by atoms with Gasteiger partial charge in [0, 0.05) is 0 Å². The molecule has 0 spiro atoms. The number of carbonyl (C=O) groups excluding carboxylic acids is 1. The molecule has 2 aromatic carbocycles. The lowest BCUT2D eigenvalue weighted by molar-refractivity contribution is -0.118. The van der Waals surface area contributed by atoms with Crippen LogP contribution in [0.15, 0.2) is 64.9 Å². The minimum atomic E-state index is -4.18. The molecule has 0 bridgehead atoms. The molecule has 9 heteroatoms. The number of sulfonamides is 1. The van der Waals surface area contributed by atoms with Crippen LogP contribution < -0.4 is 4.72 Å². The van der Waals surface area contributed by atoms with Crippen molar-refractivity contribution in [1.29, 1.82) is 0 Å². The van der Waals surface area contributed by atoms with E-state index in [4.69, 9.17) is 0 Å². The average Bonchev–Trinajstić information content (AvgIpc) is 2.60. The molecule has 0 heterocycles. The molecule has 0 radical (unpaired) electrons. The van der Waals surface area contributed by atoms with Gasteiger partial charge in [0.05, 0.1) is 10.3 Å². The molecular weight excluding hydrogens is 381 g/mol. The number of carbonyl (C=O) groups is 1. The summed E-state index contributed by atoms with van der Waals surface area (Å²) in [7, 11) is -8.34. The van der Waals surface area contributed by atoms with Gasteiger partial charge in [-0.05, 0) is 42.8 Å². The van der Waals surface area contributed by atoms with Crippen LogP contribution in [0.3, 0.4) is 0 Å². The van der Waals surface area contributed by atoms with Crippen LogP contribution in [0.4, 0.5) is 4.39 Å². The molecule has 1 atom stereocenters. The van der Waals surface area contributed by atoms with Crippen LogP contribution in [0.5, 0.6) is 0 Å². The van der Waals surface area contributed by atoms with E-state index in [1.807, 2.05) is 0 Å². The van der Waals surface area contributed by atoms with Crippen LogP contribution in [0.1, 0.15) is 12.5 Å². The maximum atomic E-state index is 12.9. The maximum absolute atomic E-state index is 12.9. The molecule has 2 aromatic rings. The zero-order valence-electron chi connectivity index (χ0n) is 13.7. The van der Waals surface area contributed by atoms with E-state index in [1.54, 1.807) is 35.1 Å². The highest BCUT2D eigenvalue weighted by atomic mass is 32.2. The molecule has 0 aliphatic heterocycles. The van der Waals surface area contributed by atoms with Crippen LogP contribution in [-0.4, -0.2) is 28.0 Å². The van der Waals surface area contributed by atoms with E-state index in [-0.39, 0.29) is 4.90 Å². The van der Waals surface area contributed by atoms with Gasteiger partial charge in [0.1, 0.15) is 11.1 Å². The Hall–Kier alpha value is -2.52. The van der Waals surface area contributed by atoms with Crippen molar-refractivity contribution in [3.8, 4) is 0 Å². The number of hydrogen-bond acceptors (Lipinski definition) is 5. The van der Waals surface area contributed by atoms with Gasteiger partial charge in [0.15, 0.2) is 9.84 Å². The Bertz CT molecular complexity index is 1010. The summed E-state index contributed by atoms with van der Waals surface area (Å²) in [6.45, 7) is 1.06. The zero-order chi connectivity index (χ0) is 19.4. The van der Waals surface area contributed by atoms with Crippen LogP contribution in [-0.2, 0) is 24.7 Å². The van der Waals surface area contributed by atoms with E-state index >= 15 is 0 Å². The van der Waals surface area contributed by atoms with Gasteiger partial charge in [-0.15, -0.1) is 0 Å². The Morgan fingerprint density at radius 1 is 1.00 bits per heavy atom. The predicted octanol–water partition coefficient (Wildman–Crippen LogP) is 2.10. The van der Waals surface area contributed by atoms with Crippen LogP contribution in [0.25, 0.3) is 6.08 Å². The first kappa shape index (κ1) is 19.8. The second-order valence-electron chi connectivity index (χ2n) is 5.37. The molecule has 1 unspecified atom stereocenters. The number of rotatable bonds is 6. The molecule has 0 saturated carbocycles. The Morgan fingerprint density at radius 3 is 2.15 bits per heavy atom. The van der Waals surface area contributed by atoms with Crippen molar-refractivity contribution < 1.29 is 26.0 Å². The van der Waals surface area contributed by atoms with Gasteiger partial charge < -0.3 is 0 Å². The number of benzene rings is 2.